The summed E-state index contributed by atoms with van der Waals surface area (Å²) in [6.45, 7) is 3.42. The summed E-state index contributed by atoms with van der Waals surface area (Å²) in [6.07, 6.45) is 5.09. The minimum atomic E-state index is -0.158. The van der Waals surface area contributed by atoms with E-state index in [1.165, 1.54) is 0 Å². The van der Waals surface area contributed by atoms with Crippen molar-refractivity contribution in [3.8, 4) is 5.69 Å². The van der Waals surface area contributed by atoms with Gasteiger partial charge in [0, 0.05) is 37.6 Å². The molecule has 3 heterocycles. The van der Waals surface area contributed by atoms with E-state index in [9.17, 15) is 4.79 Å². The van der Waals surface area contributed by atoms with Crippen molar-refractivity contribution in [1.29, 1.82) is 0 Å². The maximum Gasteiger partial charge on any atom is 0.254 e. The summed E-state index contributed by atoms with van der Waals surface area (Å²) in [7, 11) is 0. The Morgan fingerprint density at radius 1 is 1.11 bits per heavy atom. The van der Waals surface area contributed by atoms with E-state index >= 15 is 0 Å². The Bertz CT molecular complexity index is 904. The number of nitrogens with one attached hydrogen (secondary N) is 1. The first-order valence-electron chi connectivity index (χ1n) is 8.96. The molecule has 138 valence electrons. The van der Waals surface area contributed by atoms with Gasteiger partial charge in [-0.1, -0.05) is 24.3 Å². The zero-order valence-electron chi connectivity index (χ0n) is 14.9. The minimum absolute atomic E-state index is 0.158. The van der Waals surface area contributed by atoms with Gasteiger partial charge in [-0.15, -0.1) is 0 Å². The zero-order chi connectivity index (χ0) is 18.5. The predicted molar refractivity (Wildman–Crippen MR) is 102 cm³/mol. The molecule has 0 unspecified atom stereocenters. The lowest BCUT2D eigenvalue weighted by Crippen LogP contribution is -2.37. The first-order chi connectivity index (χ1) is 13.3. The molecule has 4 rings (SSSR count). The summed E-state index contributed by atoms with van der Waals surface area (Å²) in [5.41, 5.74) is 2.43. The average molecular weight is 363 g/mol. The van der Waals surface area contributed by atoms with Crippen LogP contribution in [0.2, 0.25) is 0 Å². The molecule has 1 N–H and O–H groups in total. The number of anilines is 1. The number of nitrogens with zero attached hydrogens (tertiary/aromatic N) is 4. The molecule has 0 radical (unpaired) electrons. The van der Waals surface area contributed by atoms with Crippen molar-refractivity contribution in [2.75, 3.05) is 31.2 Å². The number of hydrogen-bond donors (Lipinski definition) is 1. The third-order valence-electron chi connectivity index (χ3n) is 4.48. The van der Waals surface area contributed by atoms with E-state index in [-0.39, 0.29) is 5.91 Å². The number of rotatable bonds is 5. The van der Waals surface area contributed by atoms with E-state index in [2.05, 4.69) is 20.3 Å². The molecule has 1 aliphatic rings. The van der Waals surface area contributed by atoms with Gasteiger partial charge in [0.05, 0.1) is 30.7 Å². The Labute approximate surface area is 157 Å². The fraction of sp³-hybridized carbons (Fsp3) is 0.250. The van der Waals surface area contributed by atoms with E-state index < -0.39 is 0 Å². The van der Waals surface area contributed by atoms with E-state index in [1.807, 2.05) is 42.5 Å². The van der Waals surface area contributed by atoms with E-state index in [0.717, 1.165) is 30.2 Å². The summed E-state index contributed by atoms with van der Waals surface area (Å²) in [6, 6.07) is 13.6. The topological polar surface area (TPSA) is 72.3 Å². The number of aromatic nitrogens is 3. The maximum atomic E-state index is 12.5. The summed E-state index contributed by atoms with van der Waals surface area (Å²) in [4.78, 5) is 19.2. The number of amides is 1. The van der Waals surface area contributed by atoms with Crippen LogP contribution in [-0.2, 0) is 11.3 Å². The molecule has 0 bridgehead atoms. The highest BCUT2D eigenvalue weighted by molar-refractivity contribution is 5.93. The molecule has 0 atom stereocenters. The van der Waals surface area contributed by atoms with Crippen molar-refractivity contribution < 1.29 is 9.53 Å². The number of carbonyl (C=O) groups is 1. The van der Waals surface area contributed by atoms with Gasteiger partial charge in [0.1, 0.15) is 5.82 Å². The molecule has 0 saturated carbocycles. The number of morpholine rings is 1. The summed E-state index contributed by atoms with van der Waals surface area (Å²) in [5.74, 6) is 0.745. The highest BCUT2D eigenvalue weighted by Crippen LogP contribution is 2.18. The van der Waals surface area contributed by atoms with Crippen LogP contribution in [0, 0.1) is 0 Å². The van der Waals surface area contributed by atoms with E-state index in [0.29, 0.717) is 25.3 Å². The lowest BCUT2D eigenvalue weighted by molar-refractivity contribution is 0.0950. The van der Waals surface area contributed by atoms with Gasteiger partial charge in [0.25, 0.3) is 5.91 Å². The molecule has 7 heteroatoms. The van der Waals surface area contributed by atoms with Crippen LogP contribution in [0.5, 0.6) is 0 Å². The first-order valence-corrected chi connectivity index (χ1v) is 8.96. The van der Waals surface area contributed by atoms with Gasteiger partial charge in [0.2, 0.25) is 0 Å². The number of para-hydroxylation sites is 1. The molecule has 1 aromatic carbocycles. The monoisotopic (exact) mass is 363 g/mol. The van der Waals surface area contributed by atoms with Gasteiger partial charge in [-0.2, -0.15) is 5.10 Å². The molecule has 27 heavy (non-hydrogen) atoms. The van der Waals surface area contributed by atoms with Crippen LogP contribution in [0.15, 0.2) is 61.1 Å². The fourth-order valence-corrected chi connectivity index (χ4v) is 3.07. The maximum absolute atomic E-state index is 12.5. The van der Waals surface area contributed by atoms with E-state index in [4.69, 9.17) is 4.74 Å². The number of benzene rings is 1. The highest BCUT2D eigenvalue weighted by Gasteiger charge is 2.17. The SMILES string of the molecule is O=C(NCc1cccnc1N1CCOCC1)c1cnn(-c2ccccc2)c1. The summed E-state index contributed by atoms with van der Waals surface area (Å²) in [5, 5.41) is 7.24. The zero-order valence-corrected chi connectivity index (χ0v) is 14.9. The number of ether oxygens (including phenoxy) is 1. The highest BCUT2D eigenvalue weighted by atomic mass is 16.5. The normalized spacial score (nSPS) is 14.1. The quantitative estimate of drug-likeness (QED) is 0.751. The van der Waals surface area contributed by atoms with Crippen LogP contribution in [0.25, 0.3) is 5.69 Å². The molecule has 0 spiro atoms. The lowest BCUT2D eigenvalue weighted by Gasteiger charge is -2.29. The predicted octanol–water partition coefficient (Wildman–Crippen LogP) is 2.03. The number of pyridine rings is 1. The smallest absolute Gasteiger partial charge is 0.254 e. The minimum Gasteiger partial charge on any atom is -0.378 e. The van der Waals surface area contributed by atoms with Gasteiger partial charge in [-0.3, -0.25) is 4.79 Å². The van der Waals surface area contributed by atoms with Crippen molar-refractivity contribution in [2.24, 2.45) is 0 Å². The molecule has 1 saturated heterocycles. The second-order valence-corrected chi connectivity index (χ2v) is 6.28. The van der Waals surface area contributed by atoms with Crippen LogP contribution < -0.4 is 10.2 Å². The Hall–Kier alpha value is -3.19. The third-order valence-corrected chi connectivity index (χ3v) is 4.48. The molecule has 7 nitrogen and oxygen atoms in total. The van der Waals surface area contributed by atoms with E-state index in [1.54, 1.807) is 23.3 Å². The van der Waals surface area contributed by atoms with Crippen molar-refractivity contribution in [2.45, 2.75) is 6.54 Å². The summed E-state index contributed by atoms with van der Waals surface area (Å²) >= 11 is 0. The van der Waals surface area contributed by atoms with Crippen molar-refractivity contribution >= 4 is 11.7 Å². The van der Waals surface area contributed by atoms with Gasteiger partial charge in [-0.05, 0) is 18.2 Å². The molecule has 3 aromatic rings. The third kappa shape index (κ3) is 3.98. The van der Waals surface area contributed by atoms with Crippen LogP contribution in [0.3, 0.4) is 0 Å². The van der Waals surface area contributed by atoms with Gasteiger partial charge in [-0.25, -0.2) is 9.67 Å². The van der Waals surface area contributed by atoms with Crippen molar-refractivity contribution in [1.82, 2.24) is 20.1 Å². The molecule has 1 aliphatic heterocycles. The van der Waals surface area contributed by atoms with Crippen LogP contribution >= 0.6 is 0 Å². The summed E-state index contributed by atoms with van der Waals surface area (Å²) < 4.78 is 7.10. The Balaban J connectivity index is 1.43. The molecule has 0 aliphatic carbocycles. The molecular formula is C20H21N5O2. The second kappa shape index (κ2) is 8.01. The molecule has 1 fully saturated rings. The Morgan fingerprint density at radius 3 is 2.74 bits per heavy atom. The fourth-order valence-electron chi connectivity index (χ4n) is 3.07. The van der Waals surface area contributed by atoms with Crippen LogP contribution in [0.1, 0.15) is 15.9 Å². The number of hydrogen-bond acceptors (Lipinski definition) is 5. The van der Waals surface area contributed by atoms with Crippen molar-refractivity contribution in [3.05, 3.63) is 72.2 Å². The molecule has 2 aromatic heterocycles. The van der Waals surface area contributed by atoms with Gasteiger partial charge < -0.3 is 15.0 Å². The second-order valence-electron chi connectivity index (χ2n) is 6.28. The molecular weight excluding hydrogens is 342 g/mol. The largest absolute Gasteiger partial charge is 0.378 e. The first kappa shape index (κ1) is 17.2. The van der Waals surface area contributed by atoms with Crippen molar-refractivity contribution in [3.63, 3.8) is 0 Å². The molecule has 1 amide bonds. The number of carbonyl (C=O) groups excluding carboxylic acids is 1. The average Bonchev–Trinajstić information content (AvgIpc) is 3.24. The van der Waals surface area contributed by atoms with Crippen LogP contribution in [-0.4, -0.2) is 47.0 Å². The van der Waals surface area contributed by atoms with Crippen LogP contribution in [0.4, 0.5) is 5.82 Å². The van der Waals surface area contributed by atoms with Gasteiger partial charge >= 0.3 is 0 Å². The Morgan fingerprint density at radius 2 is 1.93 bits per heavy atom. The lowest BCUT2D eigenvalue weighted by atomic mass is 10.2. The Kier molecular flexibility index (Phi) is 5.11. The van der Waals surface area contributed by atoms with Gasteiger partial charge in [0.15, 0.2) is 0 Å². The standard InChI is InChI=1S/C20H21N5O2/c26-20(17-14-23-25(15-17)18-6-2-1-3-7-18)22-13-16-5-4-8-21-19(16)24-9-11-27-12-10-24/h1-8,14-15H,9-13H2,(H,22,26).